The Kier molecular flexibility index (Phi) is 4.30. The van der Waals surface area contributed by atoms with Gasteiger partial charge in [0.05, 0.1) is 5.54 Å². The van der Waals surface area contributed by atoms with Gasteiger partial charge in [-0.15, -0.1) is 0 Å². The second-order valence-electron chi connectivity index (χ2n) is 5.01. The lowest BCUT2D eigenvalue weighted by atomic mass is 9.90. The summed E-state index contributed by atoms with van der Waals surface area (Å²) in [5, 5.41) is 12.9. The van der Waals surface area contributed by atoms with Crippen molar-refractivity contribution in [3.8, 4) is 0 Å². The molecule has 2 heterocycles. The zero-order valence-electron chi connectivity index (χ0n) is 10.8. The lowest BCUT2D eigenvalue weighted by molar-refractivity contribution is -0.127. The summed E-state index contributed by atoms with van der Waals surface area (Å²) in [7, 11) is 0. The summed E-state index contributed by atoms with van der Waals surface area (Å²) in [5.74, 6) is 0.978. The molecule has 0 saturated carbocycles. The van der Waals surface area contributed by atoms with E-state index in [4.69, 9.17) is 0 Å². The molecule has 6 heteroatoms. The normalized spacial score (nSPS) is 23.8. The second kappa shape index (κ2) is 5.95. The zero-order valence-corrected chi connectivity index (χ0v) is 10.8. The molecule has 3 N–H and O–H groups in total. The summed E-state index contributed by atoms with van der Waals surface area (Å²) >= 11 is 0. The molecule has 0 spiro atoms. The van der Waals surface area contributed by atoms with Crippen molar-refractivity contribution in [2.24, 2.45) is 0 Å². The van der Waals surface area contributed by atoms with E-state index in [9.17, 15) is 4.79 Å². The van der Waals surface area contributed by atoms with Gasteiger partial charge in [-0.2, -0.15) is 5.10 Å². The summed E-state index contributed by atoms with van der Waals surface area (Å²) in [5.41, 5.74) is -0.384. The Morgan fingerprint density at radius 2 is 2.44 bits per heavy atom. The first-order chi connectivity index (χ1) is 8.71. The van der Waals surface area contributed by atoms with E-state index in [-0.39, 0.29) is 11.4 Å². The fourth-order valence-electron chi connectivity index (χ4n) is 2.25. The van der Waals surface area contributed by atoms with Gasteiger partial charge in [-0.25, -0.2) is 4.98 Å². The number of hydrogen-bond acceptors (Lipinski definition) is 4. The molecule has 0 radical (unpaired) electrons. The summed E-state index contributed by atoms with van der Waals surface area (Å²) < 4.78 is 0. The van der Waals surface area contributed by atoms with Gasteiger partial charge in [0.15, 0.2) is 0 Å². The van der Waals surface area contributed by atoms with Crippen LogP contribution in [0.5, 0.6) is 0 Å². The molecule has 0 aliphatic carbocycles. The first-order valence-electron chi connectivity index (χ1n) is 6.58. The third-order valence-electron chi connectivity index (χ3n) is 3.46. The van der Waals surface area contributed by atoms with Gasteiger partial charge in [-0.3, -0.25) is 9.89 Å². The van der Waals surface area contributed by atoms with Gasteiger partial charge in [-0.1, -0.05) is 0 Å². The van der Waals surface area contributed by atoms with Crippen molar-refractivity contribution in [3.63, 3.8) is 0 Å². The molecule has 1 fully saturated rings. The van der Waals surface area contributed by atoms with E-state index < -0.39 is 0 Å². The highest BCUT2D eigenvalue weighted by molar-refractivity contribution is 5.85. The predicted molar refractivity (Wildman–Crippen MR) is 68.0 cm³/mol. The van der Waals surface area contributed by atoms with Gasteiger partial charge in [0.2, 0.25) is 5.91 Å². The van der Waals surface area contributed by atoms with E-state index in [1.807, 2.05) is 6.92 Å². The number of aryl methyl sites for hydroxylation is 1. The topological polar surface area (TPSA) is 82.7 Å². The average Bonchev–Trinajstić information content (AvgIpc) is 2.88. The Morgan fingerprint density at radius 1 is 1.56 bits per heavy atom. The van der Waals surface area contributed by atoms with Crippen LogP contribution in [0.1, 0.15) is 38.4 Å². The largest absolute Gasteiger partial charge is 0.354 e. The number of piperidine rings is 1. The molecule has 1 aromatic rings. The quantitative estimate of drug-likeness (QED) is 0.661. The number of H-pyrrole nitrogens is 1. The SMILES string of the molecule is CC1(C(=O)NCCCc2ncn[nH]2)CCCCN1. The van der Waals surface area contributed by atoms with Crippen molar-refractivity contribution in [1.82, 2.24) is 25.8 Å². The molecule has 1 aliphatic heterocycles. The fourth-order valence-corrected chi connectivity index (χ4v) is 2.25. The number of nitrogens with zero attached hydrogens (tertiary/aromatic N) is 2. The molecule has 18 heavy (non-hydrogen) atoms. The monoisotopic (exact) mass is 251 g/mol. The van der Waals surface area contributed by atoms with Crippen molar-refractivity contribution in [1.29, 1.82) is 0 Å². The van der Waals surface area contributed by atoms with Crippen LogP contribution in [-0.4, -0.2) is 39.7 Å². The molecule has 1 saturated heterocycles. The smallest absolute Gasteiger partial charge is 0.240 e. The maximum atomic E-state index is 12.1. The maximum absolute atomic E-state index is 12.1. The first-order valence-corrected chi connectivity index (χ1v) is 6.58. The second-order valence-corrected chi connectivity index (χ2v) is 5.01. The molecule has 1 unspecified atom stereocenters. The van der Waals surface area contributed by atoms with Crippen LogP contribution in [0.2, 0.25) is 0 Å². The Bertz CT molecular complexity index is 370. The zero-order chi connectivity index (χ0) is 12.8. The van der Waals surface area contributed by atoms with Crippen molar-refractivity contribution in [3.05, 3.63) is 12.2 Å². The fraction of sp³-hybridized carbons (Fsp3) is 0.750. The number of aromatic amines is 1. The maximum Gasteiger partial charge on any atom is 0.240 e. The molecule has 1 amide bonds. The highest BCUT2D eigenvalue weighted by atomic mass is 16.2. The molecule has 1 aliphatic rings. The molecule has 0 bridgehead atoms. The molecule has 100 valence electrons. The van der Waals surface area contributed by atoms with E-state index in [1.54, 1.807) is 0 Å². The van der Waals surface area contributed by atoms with Gasteiger partial charge < -0.3 is 10.6 Å². The van der Waals surface area contributed by atoms with Crippen LogP contribution in [0.15, 0.2) is 6.33 Å². The molecule has 0 aromatic carbocycles. The van der Waals surface area contributed by atoms with E-state index in [0.29, 0.717) is 6.54 Å². The van der Waals surface area contributed by atoms with Crippen molar-refractivity contribution in [2.75, 3.05) is 13.1 Å². The number of hydrogen-bond donors (Lipinski definition) is 3. The van der Waals surface area contributed by atoms with E-state index in [0.717, 1.165) is 44.5 Å². The molecular formula is C12H21N5O. The Balaban J connectivity index is 1.68. The van der Waals surface area contributed by atoms with Crippen LogP contribution in [0.4, 0.5) is 0 Å². The molecule has 1 atom stereocenters. The number of amides is 1. The van der Waals surface area contributed by atoms with Crippen molar-refractivity contribution < 1.29 is 4.79 Å². The van der Waals surface area contributed by atoms with E-state index in [2.05, 4.69) is 25.8 Å². The van der Waals surface area contributed by atoms with Crippen LogP contribution in [-0.2, 0) is 11.2 Å². The number of rotatable bonds is 5. The van der Waals surface area contributed by atoms with Gasteiger partial charge in [0, 0.05) is 13.0 Å². The van der Waals surface area contributed by atoms with Crippen molar-refractivity contribution >= 4 is 5.91 Å². The third kappa shape index (κ3) is 3.29. The Hall–Kier alpha value is -1.43. The number of carbonyl (C=O) groups is 1. The summed E-state index contributed by atoms with van der Waals surface area (Å²) in [6.07, 6.45) is 6.38. The van der Waals surface area contributed by atoms with Crippen LogP contribution >= 0.6 is 0 Å². The van der Waals surface area contributed by atoms with Gasteiger partial charge in [-0.05, 0) is 39.2 Å². The highest BCUT2D eigenvalue weighted by Crippen LogP contribution is 2.18. The summed E-state index contributed by atoms with van der Waals surface area (Å²) in [6, 6.07) is 0. The van der Waals surface area contributed by atoms with E-state index in [1.165, 1.54) is 6.33 Å². The minimum atomic E-state index is -0.384. The Morgan fingerprint density at radius 3 is 3.11 bits per heavy atom. The van der Waals surface area contributed by atoms with Crippen LogP contribution < -0.4 is 10.6 Å². The summed E-state index contributed by atoms with van der Waals surface area (Å²) in [6.45, 7) is 3.59. The van der Waals surface area contributed by atoms with Crippen LogP contribution in [0, 0.1) is 0 Å². The third-order valence-corrected chi connectivity index (χ3v) is 3.46. The molecule has 1 aromatic heterocycles. The highest BCUT2D eigenvalue weighted by Gasteiger charge is 2.33. The Labute approximate surface area is 107 Å². The van der Waals surface area contributed by atoms with E-state index >= 15 is 0 Å². The summed E-state index contributed by atoms with van der Waals surface area (Å²) in [4.78, 5) is 16.1. The first kappa shape index (κ1) is 13.0. The van der Waals surface area contributed by atoms with Crippen molar-refractivity contribution in [2.45, 2.75) is 44.6 Å². The number of nitrogens with one attached hydrogen (secondary N) is 3. The number of carbonyl (C=O) groups excluding carboxylic acids is 1. The van der Waals surface area contributed by atoms with Crippen LogP contribution in [0.3, 0.4) is 0 Å². The van der Waals surface area contributed by atoms with Crippen LogP contribution in [0.25, 0.3) is 0 Å². The molecule has 2 rings (SSSR count). The average molecular weight is 251 g/mol. The lowest BCUT2D eigenvalue weighted by Crippen LogP contribution is -2.57. The number of aromatic nitrogens is 3. The standard InChI is InChI=1S/C12H21N5O/c1-12(6-2-3-8-15-12)11(18)13-7-4-5-10-14-9-16-17-10/h9,15H,2-8H2,1H3,(H,13,18)(H,14,16,17). The van der Waals surface area contributed by atoms with Gasteiger partial charge >= 0.3 is 0 Å². The predicted octanol–water partition coefficient (Wildman–Crippen LogP) is 0.386. The van der Waals surface area contributed by atoms with Gasteiger partial charge in [0.1, 0.15) is 12.2 Å². The lowest BCUT2D eigenvalue weighted by Gasteiger charge is -2.33. The van der Waals surface area contributed by atoms with Gasteiger partial charge in [0.25, 0.3) is 0 Å². The minimum absolute atomic E-state index is 0.111. The molecule has 6 nitrogen and oxygen atoms in total. The minimum Gasteiger partial charge on any atom is -0.354 e. The molecular weight excluding hydrogens is 230 g/mol.